The lowest BCUT2D eigenvalue weighted by molar-refractivity contribution is -0.116. The van der Waals surface area contributed by atoms with E-state index in [0.29, 0.717) is 11.0 Å². The second-order valence-corrected chi connectivity index (χ2v) is 7.35. The number of ether oxygens (including phenoxy) is 1. The molecule has 0 aliphatic heterocycles. The van der Waals surface area contributed by atoms with Crippen LogP contribution in [0.15, 0.2) is 60.8 Å². The molecule has 0 spiro atoms. The Bertz CT molecular complexity index is 1270. The molecule has 0 aliphatic rings. The Morgan fingerprint density at radius 2 is 1.68 bits per heavy atom. The molecule has 0 unspecified atom stereocenters. The number of fused-ring (bicyclic) bond motifs is 1. The van der Waals surface area contributed by atoms with Crippen molar-refractivity contribution in [3.8, 4) is 5.69 Å². The Morgan fingerprint density at radius 1 is 1.00 bits per heavy atom. The van der Waals surface area contributed by atoms with Crippen molar-refractivity contribution < 1.29 is 18.7 Å². The van der Waals surface area contributed by atoms with Gasteiger partial charge in [-0.2, -0.15) is 0 Å². The van der Waals surface area contributed by atoms with Crippen LogP contribution in [0.3, 0.4) is 0 Å². The van der Waals surface area contributed by atoms with Crippen molar-refractivity contribution in [2.24, 2.45) is 0 Å². The number of amides is 1. The molecule has 2 aromatic heterocycles. The largest absolute Gasteiger partial charge is 0.464 e. The van der Waals surface area contributed by atoms with Gasteiger partial charge in [-0.3, -0.25) is 4.79 Å². The first-order valence-electron chi connectivity index (χ1n) is 9.80. The summed E-state index contributed by atoms with van der Waals surface area (Å²) in [6.45, 7) is 3.80. The average Bonchev–Trinajstić information content (AvgIpc) is 3.31. The topological polar surface area (TPSA) is 65.3 Å². The predicted molar refractivity (Wildman–Crippen MR) is 117 cm³/mol. The fraction of sp³-hybridized carbons (Fsp3) is 0.167. The Morgan fingerprint density at radius 3 is 2.32 bits per heavy atom. The Labute approximate surface area is 178 Å². The molecule has 0 bridgehead atoms. The Balaban J connectivity index is 1.73. The van der Waals surface area contributed by atoms with E-state index >= 15 is 0 Å². The van der Waals surface area contributed by atoms with E-state index in [-0.39, 0.29) is 24.0 Å². The number of methoxy groups -OCH3 is 1. The highest BCUT2D eigenvalue weighted by Gasteiger charge is 2.21. The van der Waals surface area contributed by atoms with Crippen molar-refractivity contribution in [3.05, 3.63) is 83.4 Å². The number of esters is 1. The highest BCUT2D eigenvalue weighted by atomic mass is 19.1. The van der Waals surface area contributed by atoms with Gasteiger partial charge in [0.25, 0.3) is 0 Å². The summed E-state index contributed by atoms with van der Waals surface area (Å²) in [5.74, 6) is -1.13. The van der Waals surface area contributed by atoms with Gasteiger partial charge in [0.2, 0.25) is 5.91 Å². The number of para-hydroxylation sites is 1. The molecule has 0 atom stereocenters. The first-order valence-corrected chi connectivity index (χ1v) is 9.80. The monoisotopic (exact) mass is 419 g/mol. The van der Waals surface area contributed by atoms with Crippen LogP contribution in [0, 0.1) is 19.7 Å². The smallest absolute Gasteiger partial charge is 0.354 e. The molecule has 1 N–H and O–H groups in total. The Kier molecular flexibility index (Phi) is 5.33. The number of halogens is 1. The summed E-state index contributed by atoms with van der Waals surface area (Å²) < 4.78 is 21.7. The van der Waals surface area contributed by atoms with Gasteiger partial charge in [0.05, 0.1) is 18.1 Å². The average molecular weight is 419 g/mol. The second kappa shape index (κ2) is 8.10. The number of nitrogens with zero attached hydrogens (tertiary/aromatic N) is 2. The first-order chi connectivity index (χ1) is 14.9. The number of nitrogens with one attached hydrogen (secondary N) is 1. The second-order valence-electron chi connectivity index (χ2n) is 7.35. The van der Waals surface area contributed by atoms with Crippen molar-refractivity contribution in [1.82, 2.24) is 9.13 Å². The molecule has 31 heavy (non-hydrogen) atoms. The normalized spacial score (nSPS) is 11.0. The van der Waals surface area contributed by atoms with E-state index in [9.17, 15) is 14.0 Å². The summed E-state index contributed by atoms with van der Waals surface area (Å²) in [6, 6.07) is 15.3. The number of carbonyl (C=O) groups is 2. The molecule has 6 nitrogen and oxygen atoms in total. The van der Waals surface area contributed by atoms with Gasteiger partial charge in [-0.05, 0) is 61.4 Å². The van der Waals surface area contributed by atoms with Gasteiger partial charge < -0.3 is 19.2 Å². The molecule has 1 amide bonds. The molecular weight excluding hydrogens is 397 g/mol. The maximum absolute atomic E-state index is 13.3. The third-order valence-corrected chi connectivity index (χ3v) is 5.31. The minimum absolute atomic E-state index is 0.0604. The lowest BCUT2D eigenvalue weighted by Crippen LogP contribution is -2.22. The van der Waals surface area contributed by atoms with Gasteiger partial charge in [-0.15, -0.1) is 0 Å². The molecule has 4 aromatic rings. The molecule has 0 fully saturated rings. The zero-order chi connectivity index (χ0) is 22.1. The summed E-state index contributed by atoms with van der Waals surface area (Å²) >= 11 is 0. The van der Waals surface area contributed by atoms with Gasteiger partial charge in [0.1, 0.15) is 18.1 Å². The summed E-state index contributed by atoms with van der Waals surface area (Å²) in [4.78, 5) is 25.3. The van der Waals surface area contributed by atoms with Crippen LogP contribution in [0.4, 0.5) is 10.1 Å². The molecular formula is C24H22FN3O3. The van der Waals surface area contributed by atoms with Gasteiger partial charge in [-0.25, -0.2) is 9.18 Å². The van der Waals surface area contributed by atoms with E-state index in [1.165, 1.54) is 19.2 Å². The molecule has 158 valence electrons. The van der Waals surface area contributed by atoms with E-state index in [0.717, 1.165) is 22.5 Å². The van der Waals surface area contributed by atoms with E-state index in [2.05, 4.69) is 5.32 Å². The van der Waals surface area contributed by atoms with Crippen molar-refractivity contribution >= 4 is 28.6 Å². The fourth-order valence-electron chi connectivity index (χ4n) is 3.75. The number of aryl methyl sites for hydroxylation is 2. The van der Waals surface area contributed by atoms with E-state index < -0.39 is 5.97 Å². The first kappa shape index (κ1) is 20.4. The quantitative estimate of drug-likeness (QED) is 0.481. The van der Waals surface area contributed by atoms with Crippen molar-refractivity contribution in [1.29, 1.82) is 0 Å². The van der Waals surface area contributed by atoms with Gasteiger partial charge in [0.15, 0.2) is 0 Å². The maximum Gasteiger partial charge on any atom is 0.354 e. The third-order valence-electron chi connectivity index (χ3n) is 5.31. The van der Waals surface area contributed by atoms with Gasteiger partial charge in [-0.1, -0.05) is 18.2 Å². The molecule has 0 aliphatic carbocycles. The molecule has 4 rings (SSSR count). The predicted octanol–water partition coefficient (Wildman–Crippen LogP) is 4.61. The zero-order valence-corrected chi connectivity index (χ0v) is 17.5. The molecule has 2 heterocycles. The van der Waals surface area contributed by atoms with Crippen molar-refractivity contribution in [2.45, 2.75) is 20.4 Å². The van der Waals surface area contributed by atoms with Crippen molar-refractivity contribution in [2.75, 3.05) is 12.4 Å². The summed E-state index contributed by atoms with van der Waals surface area (Å²) in [5.41, 5.74) is 5.10. The lowest BCUT2D eigenvalue weighted by Gasteiger charge is -2.13. The van der Waals surface area contributed by atoms with Crippen LogP contribution in [-0.2, 0) is 16.1 Å². The van der Waals surface area contributed by atoms with Crippen LogP contribution in [0.25, 0.3) is 16.7 Å². The van der Waals surface area contributed by atoms with Crippen LogP contribution in [0.1, 0.15) is 21.6 Å². The third kappa shape index (κ3) is 3.82. The molecule has 2 aromatic carbocycles. The molecule has 0 radical (unpaired) electrons. The van der Waals surface area contributed by atoms with Crippen molar-refractivity contribution in [3.63, 3.8) is 0 Å². The minimum Gasteiger partial charge on any atom is -0.464 e. The summed E-state index contributed by atoms with van der Waals surface area (Å²) in [6.07, 6.45) is 1.82. The van der Waals surface area contributed by atoms with Crippen LogP contribution >= 0.6 is 0 Å². The molecule has 7 heteroatoms. The number of rotatable bonds is 5. The highest BCUT2D eigenvalue weighted by Crippen LogP contribution is 2.26. The SMILES string of the molecule is COC(=O)c1cc2c(ccn2-c2ccc(F)cc2)n1CC(=O)Nc1c(C)cccc1C. The summed E-state index contributed by atoms with van der Waals surface area (Å²) in [5, 5.41) is 2.95. The Hall–Kier alpha value is -3.87. The van der Waals surface area contributed by atoms with E-state index in [1.54, 1.807) is 22.8 Å². The van der Waals surface area contributed by atoms with Crippen LogP contribution < -0.4 is 5.32 Å². The van der Waals surface area contributed by atoms with Gasteiger partial charge in [0, 0.05) is 17.6 Å². The van der Waals surface area contributed by atoms with Crippen LogP contribution in [0.2, 0.25) is 0 Å². The number of hydrogen-bond donors (Lipinski definition) is 1. The number of aromatic nitrogens is 2. The molecule has 0 saturated carbocycles. The number of carbonyl (C=O) groups excluding carboxylic acids is 2. The number of hydrogen-bond acceptors (Lipinski definition) is 3. The minimum atomic E-state index is -0.540. The highest BCUT2D eigenvalue weighted by molar-refractivity contribution is 5.98. The fourth-order valence-corrected chi connectivity index (χ4v) is 3.75. The zero-order valence-electron chi connectivity index (χ0n) is 17.5. The van der Waals surface area contributed by atoms with E-state index in [1.807, 2.05) is 48.9 Å². The van der Waals surface area contributed by atoms with Crippen LogP contribution in [-0.4, -0.2) is 28.1 Å². The number of anilines is 1. The lowest BCUT2D eigenvalue weighted by atomic mass is 10.1. The van der Waals surface area contributed by atoms with Crippen LogP contribution in [0.5, 0.6) is 0 Å². The maximum atomic E-state index is 13.3. The van der Waals surface area contributed by atoms with Gasteiger partial charge >= 0.3 is 5.97 Å². The number of benzene rings is 2. The standard InChI is InChI=1S/C24H22FN3O3/c1-15-5-4-6-16(2)23(15)26-22(29)14-28-19-11-12-27(18-9-7-17(25)8-10-18)20(19)13-21(28)24(30)31-3/h4-13H,14H2,1-3H3,(H,26,29). The molecule has 0 saturated heterocycles. The van der Waals surface area contributed by atoms with E-state index in [4.69, 9.17) is 4.74 Å². The summed E-state index contributed by atoms with van der Waals surface area (Å²) in [7, 11) is 1.30.